The van der Waals surface area contributed by atoms with E-state index in [-0.39, 0.29) is 18.6 Å². The van der Waals surface area contributed by atoms with Crippen LogP contribution in [0.2, 0.25) is 0 Å². The second kappa shape index (κ2) is 14.8. The lowest BCUT2D eigenvalue weighted by Gasteiger charge is -2.53. The van der Waals surface area contributed by atoms with Crippen LogP contribution in [0.5, 0.6) is 0 Å². The standard InChI is InChI=1S/C47H46O9/c1-30-26-37-45(52,42(30)51)28-35(29-54-38(48)23-20-32-14-8-5-9-15-32)27-36-41-44(3,4)47(41,56-40(50)25-22-34-18-12-7-13-19-34)43(31(2)46(36,37)53)55-39(49)24-21-33-16-10-6-11-17-33/h5-27,31,36-37,41,43,52-53H,28-29H2,1-4H3/t31-,36+,37-,41-,43-,45-,46-,47-/m1/s1. The number of rotatable bonds is 10. The van der Waals surface area contributed by atoms with Crippen LogP contribution in [0.3, 0.4) is 0 Å². The van der Waals surface area contributed by atoms with Gasteiger partial charge in [-0.2, -0.15) is 0 Å². The SMILES string of the molecule is CC1=C[C@H]2[C@@]3(O)[C@H](C)[C@@H](OC(=O)C=Cc4ccccc4)[C@]4(OC(=O)C=Cc5ccccc5)[C@H]([C@@H]3C=C(COC(=O)C=Cc3ccccc3)C[C@]2(O)C1=O)C4(C)C. The fourth-order valence-corrected chi connectivity index (χ4v) is 9.58. The first-order valence-electron chi connectivity index (χ1n) is 18.9. The van der Waals surface area contributed by atoms with Crippen LogP contribution < -0.4 is 0 Å². The Labute approximate surface area is 326 Å². The maximum absolute atomic E-state index is 13.8. The average Bonchev–Trinajstić information content (AvgIpc) is 3.62. The summed E-state index contributed by atoms with van der Waals surface area (Å²) in [5.74, 6) is -6.16. The Kier molecular flexibility index (Phi) is 10.2. The van der Waals surface area contributed by atoms with E-state index in [0.717, 1.165) is 16.7 Å². The Morgan fingerprint density at radius 1 is 0.750 bits per heavy atom. The van der Waals surface area contributed by atoms with Crippen LogP contribution in [0.1, 0.15) is 50.8 Å². The van der Waals surface area contributed by atoms with Crippen LogP contribution in [0, 0.1) is 29.1 Å². The highest BCUT2D eigenvalue weighted by atomic mass is 16.6. The largest absolute Gasteiger partial charge is 0.458 e. The second-order valence-electron chi connectivity index (χ2n) is 15.9. The molecule has 9 heteroatoms. The molecule has 3 aromatic rings. The van der Waals surface area contributed by atoms with Crippen LogP contribution in [0.15, 0.2) is 133 Å². The molecule has 0 saturated heterocycles. The smallest absolute Gasteiger partial charge is 0.331 e. The monoisotopic (exact) mass is 754 g/mol. The Bertz CT molecular complexity index is 2170. The topological polar surface area (TPSA) is 136 Å². The van der Waals surface area contributed by atoms with Crippen LogP contribution >= 0.6 is 0 Å². The Hall–Kier alpha value is -5.64. The van der Waals surface area contributed by atoms with Crippen LogP contribution in [0.4, 0.5) is 0 Å². The van der Waals surface area contributed by atoms with Crippen LogP contribution in [-0.2, 0) is 33.4 Å². The molecule has 288 valence electrons. The molecule has 0 amide bonds. The van der Waals surface area contributed by atoms with Crippen LogP contribution in [-0.4, -0.2) is 63.4 Å². The molecule has 56 heavy (non-hydrogen) atoms. The normalized spacial score (nSPS) is 31.5. The highest BCUT2D eigenvalue weighted by Crippen LogP contribution is 2.77. The van der Waals surface area contributed by atoms with Gasteiger partial charge in [0.1, 0.15) is 18.3 Å². The zero-order chi connectivity index (χ0) is 39.9. The molecule has 0 aliphatic heterocycles. The van der Waals surface area contributed by atoms with Gasteiger partial charge in [0.2, 0.25) is 0 Å². The molecule has 9 nitrogen and oxygen atoms in total. The van der Waals surface area contributed by atoms with Crippen molar-refractivity contribution in [3.63, 3.8) is 0 Å². The third-order valence-electron chi connectivity index (χ3n) is 12.3. The average molecular weight is 755 g/mol. The fraction of sp³-hybridized carbons (Fsp3) is 0.319. The molecule has 4 aliphatic carbocycles. The molecule has 0 bridgehead atoms. The van der Waals surface area contributed by atoms with Crippen molar-refractivity contribution in [2.45, 2.75) is 57.0 Å². The third-order valence-corrected chi connectivity index (χ3v) is 12.3. The number of fused-ring (bicyclic) bond motifs is 5. The maximum Gasteiger partial charge on any atom is 0.331 e. The number of carbonyl (C=O) groups is 4. The van der Waals surface area contributed by atoms with Gasteiger partial charge in [-0.25, -0.2) is 14.4 Å². The van der Waals surface area contributed by atoms with Gasteiger partial charge in [0.15, 0.2) is 11.4 Å². The molecule has 8 atom stereocenters. The molecule has 2 N–H and O–H groups in total. The van der Waals surface area contributed by atoms with E-state index in [1.54, 1.807) is 44.2 Å². The number of ketones is 1. The first kappa shape index (κ1) is 38.6. The molecular weight excluding hydrogens is 709 g/mol. The number of benzene rings is 3. The Balaban J connectivity index is 1.28. The van der Waals surface area contributed by atoms with Crippen molar-refractivity contribution in [2.75, 3.05) is 6.61 Å². The number of ether oxygens (including phenoxy) is 3. The van der Waals surface area contributed by atoms with Gasteiger partial charge >= 0.3 is 17.9 Å². The summed E-state index contributed by atoms with van der Waals surface area (Å²) in [6, 6.07) is 27.7. The fourth-order valence-electron chi connectivity index (χ4n) is 9.58. The first-order valence-corrected chi connectivity index (χ1v) is 18.9. The molecule has 0 aromatic heterocycles. The minimum atomic E-state index is -2.09. The van der Waals surface area contributed by atoms with Crippen molar-refractivity contribution < 1.29 is 43.6 Å². The number of carbonyl (C=O) groups excluding carboxylic acids is 4. The number of Topliss-reactive ketones (excluding diaryl/α,β-unsaturated/α-hetero) is 1. The second-order valence-corrected chi connectivity index (χ2v) is 15.9. The number of hydrogen-bond donors (Lipinski definition) is 2. The summed E-state index contributed by atoms with van der Waals surface area (Å²) in [5, 5.41) is 25.6. The van der Waals surface area contributed by atoms with Crippen LogP contribution in [0.25, 0.3) is 18.2 Å². The third kappa shape index (κ3) is 6.69. The zero-order valence-electron chi connectivity index (χ0n) is 31.8. The van der Waals surface area contributed by atoms with E-state index < -0.39 is 75.7 Å². The molecule has 4 aliphatic rings. The summed E-state index contributed by atoms with van der Waals surface area (Å²) in [6.07, 6.45) is 10.8. The van der Waals surface area contributed by atoms with E-state index >= 15 is 0 Å². The van der Waals surface area contributed by atoms with Gasteiger partial charge in [0.05, 0.1) is 5.60 Å². The van der Waals surface area contributed by atoms with Gasteiger partial charge in [0.25, 0.3) is 0 Å². The summed E-state index contributed by atoms with van der Waals surface area (Å²) in [7, 11) is 0. The maximum atomic E-state index is 13.8. The molecule has 2 fully saturated rings. The van der Waals surface area contributed by atoms with E-state index in [1.807, 2.05) is 105 Å². The molecule has 2 saturated carbocycles. The lowest BCUT2D eigenvalue weighted by atomic mass is 9.59. The molecule has 0 heterocycles. The minimum absolute atomic E-state index is 0.213. The number of hydrogen-bond acceptors (Lipinski definition) is 9. The predicted octanol–water partition coefficient (Wildman–Crippen LogP) is 6.72. The van der Waals surface area contributed by atoms with E-state index in [2.05, 4.69) is 0 Å². The molecule has 0 spiro atoms. The van der Waals surface area contributed by atoms with Gasteiger partial charge in [-0.15, -0.1) is 0 Å². The Morgan fingerprint density at radius 3 is 1.79 bits per heavy atom. The molecule has 0 radical (unpaired) electrons. The summed E-state index contributed by atoms with van der Waals surface area (Å²) < 4.78 is 18.4. The van der Waals surface area contributed by atoms with Crippen molar-refractivity contribution in [3.8, 4) is 0 Å². The lowest BCUT2D eigenvalue weighted by molar-refractivity contribution is -0.225. The van der Waals surface area contributed by atoms with E-state index in [4.69, 9.17) is 14.2 Å². The van der Waals surface area contributed by atoms with Gasteiger partial charge < -0.3 is 24.4 Å². The lowest BCUT2D eigenvalue weighted by Crippen LogP contribution is -2.66. The van der Waals surface area contributed by atoms with Gasteiger partial charge in [0, 0.05) is 53.7 Å². The predicted molar refractivity (Wildman–Crippen MR) is 211 cm³/mol. The summed E-state index contributed by atoms with van der Waals surface area (Å²) in [5.41, 5.74) is -3.23. The van der Waals surface area contributed by atoms with E-state index in [0.29, 0.717) is 5.57 Å². The van der Waals surface area contributed by atoms with Crippen molar-refractivity contribution in [3.05, 3.63) is 149 Å². The highest BCUT2D eigenvalue weighted by molar-refractivity contribution is 6.05. The quantitative estimate of drug-likeness (QED) is 0.100. The van der Waals surface area contributed by atoms with Gasteiger partial charge in [-0.1, -0.05) is 124 Å². The van der Waals surface area contributed by atoms with E-state index in [1.165, 1.54) is 18.2 Å². The molecule has 7 rings (SSSR count). The van der Waals surface area contributed by atoms with Gasteiger partial charge in [-0.3, -0.25) is 4.79 Å². The van der Waals surface area contributed by atoms with Gasteiger partial charge in [-0.05, 0) is 53.0 Å². The summed E-state index contributed by atoms with van der Waals surface area (Å²) >= 11 is 0. The first-order chi connectivity index (χ1) is 26.7. The van der Waals surface area contributed by atoms with Crippen molar-refractivity contribution in [1.82, 2.24) is 0 Å². The summed E-state index contributed by atoms with van der Waals surface area (Å²) in [6.45, 7) is 6.82. The van der Waals surface area contributed by atoms with E-state index in [9.17, 15) is 29.4 Å². The zero-order valence-corrected chi connectivity index (χ0v) is 31.8. The Morgan fingerprint density at radius 2 is 1.25 bits per heavy atom. The number of esters is 3. The van der Waals surface area contributed by atoms with Crippen molar-refractivity contribution in [1.29, 1.82) is 0 Å². The van der Waals surface area contributed by atoms with Crippen molar-refractivity contribution >= 4 is 41.9 Å². The number of aliphatic hydroxyl groups is 2. The molecular formula is C47H46O9. The molecule has 3 aromatic carbocycles. The molecule has 0 unspecified atom stereocenters. The summed E-state index contributed by atoms with van der Waals surface area (Å²) in [4.78, 5) is 54.2. The van der Waals surface area contributed by atoms with Crippen molar-refractivity contribution in [2.24, 2.45) is 29.1 Å². The highest BCUT2D eigenvalue weighted by Gasteiger charge is 2.88. The minimum Gasteiger partial charge on any atom is -0.458 e.